The lowest BCUT2D eigenvalue weighted by Gasteiger charge is -2.09. The summed E-state index contributed by atoms with van der Waals surface area (Å²) in [7, 11) is 0. The highest BCUT2D eigenvalue weighted by atomic mass is 35.5. The molecule has 5 nitrogen and oxygen atoms in total. The number of amides is 1. The third-order valence-corrected chi connectivity index (χ3v) is 2.63. The van der Waals surface area contributed by atoms with Gasteiger partial charge in [0.1, 0.15) is 11.3 Å². The number of carboxylic acid groups (broad SMARTS) is 1. The number of rotatable bonds is 7. The normalized spacial score (nSPS) is 10.0. The minimum Gasteiger partial charge on any atom is -0.493 e. The lowest BCUT2D eigenvalue weighted by atomic mass is 10.2. The second-order valence-electron chi connectivity index (χ2n) is 3.85. The van der Waals surface area contributed by atoms with Gasteiger partial charge in [0.25, 0.3) is 0 Å². The van der Waals surface area contributed by atoms with Crippen LogP contribution in [-0.2, 0) is 4.79 Å². The Morgan fingerprint density at radius 1 is 1.42 bits per heavy atom. The highest BCUT2D eigenvalue weighted by Crippen LogP contribution is 2.22. The number of ether oxygens (including phenoxy) is 1. The molecule has 1 amide bonds. The van der Waals surface area contributed by atoms with Crippen LogP contribution >= 0.6 is 11.6 Å². The Bertz CT molecular complexity index is 462. The van der Waals surface area contributed by atoms with Crippen molar-refractivity contribution in [3.8, 4) is 5.75 Å². The van der Waals surface area contributed by atoms with Crippen LogP contribution in [0.3, 0.4) is 0 Å². The Balaban J connectivity index is 2.45. The molecule has 1 rings (SSSR count). The summed E-state index contributed by atoms with van der Waals surface area (Å²) < 4.78 is 5.38. The average Bonchev–Trinajstić information content (AvgIpc) is 2.39. The molecule has 19 heavy (non-hydrogen) atoms. The number of carboxylic acids is 1. The van der Waals surface area contributed by atoms with Crippen LogP contribution in [0.4, 0.5) is 0 Å². The predicted octanol–water partition coefficient (Wildman–Crippen LogP) is 2.33. The van der Waals surface area contributed by atoms with Gasteiger partial charge in [-0.1, -0.05) is 18.5 Å². The smallest absolute Gasteiger partial charge is 0.339 e. The zero-order valence-electron chi connectivity index (χ0n) is 10.6. The molecule has 1 aromatic rings. The van der Waals surface area contributed by atoms with Crippen molar-refractivity contribution in [3.63, 3.8) is 0 Å². The van der Waals surface area contributed by atoms with Crippen molar-refractivity contribution in [1.82, 2.24) is 5.32 Å². The van der Waals surface area contributed by atoms with E-state index in [0.29, 0.717) is 31.0 Å². The predicted molar refractivity (Wildman–Crippen MR) is 71.8 cm³/mol. The summed E-state index contributed by atoms with van der Waals surface area (Å²) in [4.78, 5) is 22.0. The van der Waals surface area contributed by atoms with Crippen LogP contribution in [0.5, 0.6) is 5.75 Å². The van der Waals surface area contributed by atoms with E-state index in [1.807, 2.05) is 0 Å². The largest absolute Gasteiger partial charge is 0.493 e. The lowest BCUT2D eigenvalue weighted by molar-refractivity contribution is -0.120. The van der Waals surface area contributed by atoms with E-state index in [1.54, 1.807) is 13.0 Å². The van der Waals surface area contributed by atoms with Gasteiger partial charge < -0.3 is 15.2 Å². The number of benzene rings is 1. The van der Waals surface area contributed by atoms with Crippen LogP contribution < -0.4 is 10.1 Å². The van der Waals surface area contributed by atoms with E-state index in [0.717, 1.165) is 0 Å². The van der Waals surface area contributed by atoms with Crippen LogP contribution in [0.25, 0.3) is 0 Å². The van der Waals surface area contributed by atoms with E-state index in [9.17, 15) is 9.59 Å². The molecule has 2 N–H and O–H groups in total. The van der Waals surface area contributed by atoms with Crippen LogP contribution in [0, 0.1) is 0 Å². The standard InChI is InChI=1S/C13H16ClNO4/c1-2-12(16)15-6-3-7-19-11-5-4-9(14)8-10(11)13(17)18/h4-5,8H,2-3,6-7H2,1H3,(H,15,16)(H,17,18). The molecule has 0 spiro atoms. The molecule has 1 aromatic carbocycles. The van der Waals surface area contributed by atoms with Crippen LogP contribution in [0.1, 0.15) is 30.1 Å². The Kier molecular flexibility index (Phi) is 6.15. The van der Waals surface area contributed by atoms with E-state index < -0.39 is 5.97 Å². The van der Waals surface area contributed by atoms with Gasteiger partial charge in [-0.15, -0.1) is 0 Å². The summed E-state index contributed by atoms with van der Waals surface area (Å²) in [5.41, 5.74) is 0.0325. The van der Waals surface area contributed by atoms with Gasteiger partial charge >= 0.3 is 5.97 Å². The first-order valence-corrected chi connectivity index (χ1v) is 6.34. The molecule has 0 aliphatic rings. The molecular formula is C13H16ClNO4. The molecule has 0 aliphatic heterocycles. The summed E-state index contributed by atoms with van der Waals surface area (Å²) in [6.45, 7) is 2.60. The number of carbonyl (C=O) groups excluding carboxylic acids is 1. The third kappa shape index (κ3) is 5.18. The fourth-order valence-electron chi connectivity index (χ4n) is 1.40. The van der Waals surface area contributed by atoms with Gasteiger partial charge in [-0.25, -0.2) is 4.79 Å². The number of hydrogen-bond acceptors (Lipinski definition) is 3. The second kappa shape index (κ2) is 7.63. The van der Waals surface area contributed by atoms with E-state index in [4.69, 9.17) is 21.4 Å². The summed E-state index contributed by atoms with van der Waals surface area (Å²) in [6, 6.07) is 4.44. The molecule has 104 valence electrons. The molecule has 0 heterocycles. The maximum atomic E-state index is 11.0. The van der Waals surface area contributed by atoms with Gasteiger partial charge in [-0.05, 0) is 24.6 Å². The Morgan fingerprint density at radius 2 is 2.16 bits per heavy atom. The van der Waals surface area contributed by atoms with E-state index >= 15 is 0 Å². The topological polar surface area (TPSA) is 75.6 Å². The van der Waals surface area contributed by atoms with E-state index in [2.05, 4.69) is 5.32 Å². The van der Waals surface area contributed by atoms with E-state index in [-0.39, 0.29) is 17.2 Å². The number of carbonyl (C=O) groups is 2. The molecule has 0 unspecified atom stereocenters. The van der Waals surface area contributed by atoms with Gasteiger partial charge in [0.2, 0.25) is 5.91 Å². The van der Waals surface area contributed by atoms with Crippen molar-refractivity contribution < 1.29 is 19.4 Å². The molecule has 0 saturated heterocycles. The number of hydrogen-bond donors (Lipinski definition) is 2. The Morgan fingerprint density at radius 3 is 2.79 bits per heavy atom. The number of nitrogens with one attached hydrogen (secondary N) is 1. The number of halogens is 1. The van der Waals surface area contributed by atoms with Crippen molar-refractivity contribution >= 4 is 23.5 Å². The van der Waals surface area contributed by atoms with Gasteiger partial charge in [0.15, 0.2) is 0 Å². The molecule has 0 atom stereocenters. The highest BCUT2D eigenvalue weighted by molar-refractivity contribution is 6.31. The zero-order chi connectivity index (χ0) is 14.3. The zero-order valence-corrected chi connectivity index (χ0v) is 11.4. The van der Waals surface area contributed by atoms with E-state index in [1.165, 1.54) is 12.1 Å². The quantitative estimate of drug-likeness (QED) is 0.754. The third-order valence-electron chi connectivity index (χ3n) is 2.39. The molecule has 0 aliphatic carbocycles. The molecular weight excluding hydrogens is 270 g/mol. The maximum Gasteiger partial charge on any atom is 0.339 e. The van der Waals surface area contributed by atoms with Crippen LogP contribution in [0.15, 0.2) is 18.2 Å². The van der Waals surface area contributed by atoms with Crippen molar-refractivity contribution in [2.45, 2.75) is 19.8 Å². The fraction of sp³-hybridized carbons (Fsp3) is 0.385. The van der Waals surface area contributed by atoms with Crippen molar-refractivity contribution in [3.05, 3.63) is 28.8 Å². The first-order chi connectivity index (χ1) is 9.04. The second-order valence-corrected chi connectivity index (χ2v) is 4.29. The summed E-state index contributed by atoms with van der Waals surface area (Å²) in [5, 5.41) is 12.1. The monoisotopic (exact) mass is 285 g/mol. The summed E-state index contributed by atoms with van der Waals surface area (Å²) in [5.74, 6) is -0.826. The fourth-order valence-corrected chi connectivity index (χ4v) is 1.57. The van der Waals surface area contributed by atoms with Crippen molar-refractivity contribution in [2.75, 3.05) is 13.2 Å². The highest BCUT2D eigenvalue weighted by Gasteiger charge is 2.11. The summed E-state index contributed by atoms with van der Waals surface area (Å²) >= 11 is 5.73. The van der Waals surface area contributed by atoms with Crippen molar-refractivity contribution in [1.29, 1.82) is 0 Å². The Labute approximate surface area is 116 Å². The minimum atomic E-state index is -1.09. The van der Waals surface area contributed by atoms with Crippen molar-refractivity contribution in [2.24, 2.45) is 0 Å². The molecule has 0 bridgehead atoms. The van der Waals surface area contributed by atoms with Gasteiger partial charge in [-0.2, -0.15) is 0 Å². The lowest BCUT2D eigenvalue weighted by Crippen LogP contribution is -2.24. The summed E-state index contributed by atoms with van der Waals surface area (Å²) in [6.07, 6.45) is 1.05. The number of aromatic carboxylic acids is 1. The molecule has 0 saturated carbocycles. The van der Waals surface area contributed by atoms with Crippen LogP contribution in [0.2, 0.25) is 5.02 Å². The minimum absolute atomic E-state index is 0.0160. The first-order valence-electron chi connectivity index (χ1n) is 5.97. The molecule has 6 heteroatoms. The maximum absolute atomic E-state index is 11.0. The van der Waals surface area contributed by atoms with Gasteiger partial charge in [0.05, 0.1) is 6.61 Å². The molecule has 0 aromatic heterocycles. The van der Waals surface area contributed by atoms with Gasteiger partial charge in [-0.3, -0.25) is 4.79 Å². The molecule has 0 fully saturated rings. The molecule has 0 radical (unpaired) electrons. The first kappa shape index (κ1) is 15.3. The SMILES string of the molecule is CCC(=O)NCCCOc1ccc(Cl)cc1C(=O)O. The van der Waals surface area contributed by atoms with Gasteiger partial charge in [0, 0.05) is 18.0 Å². The average molecular weight is 286 g/mol. The van der Waals surface area contributed by atoms with Crippen LogP contribution in [-0.4, -0.2) is 30.1 Å². The Hall–Kier alpha value is -1.75.